The minimum Gasteiger partial charge on any atom is -0.504 e. The van der Waals surface area contributed by atoms with Crippen LogP contribution in [0.2, 0.25) is 0 Å². The van der Waals surface area contributed by atoms with Gasteiger partial charge < -0.3 is 49.6 Å². The van der Waals surface area contributed by atoms with Gasteiger partial charge in [-0.3, -0.25) is 4.79 Å². The first-order valence-corrected chi connectivity index (χ1v) is 9.05. The van der Waals surface area contributed by atoms with Gasteiger partial charge in [-0.05, 0) is 18.2 Å². The van der Waals surface area contributed by atoms with Gasteiger partial charge in [0.1, 0.15) is 35.0 Å². The van der Waals surface area contributed by atoms with Gasteiger partial charge in [0.15, 0.2) is 28.4 Å². The number of ether oxygens (including phenoxy) is 2. The van der Waals surface area contributed by atoms with Crippen molar-refractivity contribution < 1.29 is 49.6 Å². The van der Waals surface area contributed by atoms with Crippen molar-refractivity contribution in [3.8, 4) is 40.1 Å². The highest BCUT2D eigenvalue weighted by Crippen LogP contribution is 2.43. The number of aromatic hydroxyl groups is 4. The number of aliphatic hydroxyl groups excluding tert-OH is 3. The average Bonchev–Trinajstić information content (AvgIpc) is 2.72. The van der Waals surface area contributed by atoms with Crippen LogP contribution in [-0.4, -0.2) is 67.0 Å². The Morgan fingerprint density at radius 1 is 0.903 bits per heavy atom. The summed E-state index contributed by atoms with van der Waals surface area (Å²) in [5.74, 6) is -2.86. The average molecular weight is 434 g/mol. The third kappa shape index (κ3) is 3.59. The molecule has 2 aromatic carbocycles. The van der Waals surface area contributed by atoms with Gasteiger partial charge in [0.25, 0.3) is 0 Å². The summed E-state index contributed by atoms with van der Waals surface area (Å²) in [5.41, 5.74) is -0.676. The fraction of sp³-hybridized carbons (Fsp3) is 0.250. The molecule has 4 rings (SSSR count). The Bertz CT molecular complexity index is 1200. The molecule has 31 heavy (non-hydrogen) atoms. The van der Waals surface area contributed by atoms with E-state index in [2.05, 4.69) is 0 Å². The van der Waals surface area contributed by atoms with Gasteiger partial charge in [-0.25, -0.2) is 0 Å². The lowest BCUT2D eigenvalue weighted by Gasteiger charge is -2.35. The third-order valence-corrected chi connectivity index (χ3v) is 4.88. The molecule has 11 heteroatoms. The lowest BCUT2D eigenvalue weighted by atomic mass is 10.1. The standard InChI is InChI=1S/C20H18O11/c21-8-2-1-7(3-9(8)22)13-4-10(23)15-14(30-13)5-11(24)19(17(15)27)31-20-18(28)16(26)12(25)6-29-20/h1-5,12,16,18,20-22,24-28H,6H2/t12-,16+,18?,20+/m1/s1. The van der Waals surface area contributed by atoms with Crippen LogP contribution in [0.5, 0.6) is 28.7 Å². The number of rotatable bonds is 3. The summed E-state index contributed by atoms with van der Waals surface area (Å²) in [6, 6.07) is 5.77. The molecule has 1 unspecified atom stereocenters. The molecule has 1 fully saturated rings. The number of fused-ring (bicyclic) bond motifs is 1. The summed E-state index contributed by atoms with van der Waals surface area (Å²) in [4.78, 5) is 12.6. The molecule has 2 heterocycles. The van der Waals surface area contributed by atoms with Crippen LogP contribution in [0.15, 0.2) is 39.5 Å². The molecule has 11 nitrogen and oxygen atoms in total. The molecular weight excluding hydrogens is 416 g/mol. The lowest BCUT2D eigenvalue weighted by Crippen LogP contribution is -2.54. The predicted octanol–water partition coefficient (Wildman–Crippen LogP) is 0.100. The van der Waals surface area contributed by atoms with Crippen LogP contribution in [0.1, 0.15) is 0 Å². The van der Waals surface area contributed by atoms with Gasteiger partial charge in [0.2, 0.25) is 12.0 Å². The minimum absolute atomic E-state index is 0.0107. The predicted molar refractivity (Wildman–Crippen MR) is 103 cm³/mol. The summed E-state index contributed by atoms with van der Waals surface area (Å²) in [7, 11) is 0. The van der Waals surface area contributed by atoms with Gasteiger partial charge in [-0.1, -0.05) is 0 Å². The van der Waals surface area contributed by atoms with Crippen LogP contribution in [0.4, 0.5) is 0 Å². The van der Waals surface area contributed by atoms with E-state index < -0.39 is 53.0 Å². The van der Waals surface area contributed by atoms with E-state index in [1.165, 1.54) is 12.1 Å². The van der Waals surface area contributed by atoms with E-state index in [9.17, 15) is 40.5 Å². The lowest BCUT2D eigenvalue weighted by molar-refractivity contribution is -0.242. The molecule has 1 aliphatic heterocycles. The molecule has 0 spiro atoms. The topological polar surface area (TPSA) is 190 Å². The molecule has 1 aromatic heterocycles. The largest absolute Gasteiger partial charge is 0.504 e. The van der Waals surface area contributed by atoms with Crippen molar-refractivity contribution in [2.45, 2.75) is 24.6 Å². The zero-order chi connectivity index (χ0) is 22.4. The fourth-order valence-corrected chi connectivity index (χ4v) is 3.21. The van der Waals surface area contributed by atoms with E-state index in [1.54, 1.807) is 0 Å². The quantitative estimate of drug-likeness (QED) is 0.277. The molecule has 0 bridgehead atoms. The Hall–Kier alpha value is -3.51. The summed E-state index contributed by atoms with van der Waals surface area (Å²) in [5, 5.41) is 68.8. The molecule has 0 radical (unpaired) electrons. The molecule has 3 aromatic rings. The van der Waals surface area contributed by atoms with E-state index in [0.717, 1.165) is 18.2 Å². The van der Waals surface area contributed by atoms with Crippen LogP contribution in [0.25, 0.3) is 22.3 Å². The maximum absolute atomic E-state index is 12.6. The Balaban J connectivity index is 1.76. The summed E-state index contributed by atoms with van der Waals surface area (Å²) < 4.78 is 15.9. The first kappa shape index (κ1) is 20.8. The Labute approximate surface area is 173 Å². The van der Waals surface area contributed by atoms with Gasteiger partial charge in [-0.2, -0.15) is 0 Å². The normalized spacial score (nSPS) is 23.7. The first-order valence-electron chi connectivity index (χ1n) is 9.05. The first-order chi connectivity index (χ1) is 14.7. The van der Waals surface area contributed by atoms with Crippen LogP contribution >= 0.6 is 0 Å². The molecule has 0 amide bonds. The van der Waals surface area contributed by atoms with E-state index in [1.807, 2.05) is 0 Å². The molecule has 0 saturated carbocycles. The maximum Gasteiger partial charge on any atom is 0.229 e. The second kappa shape index (κ2) is 7.63. The molecule has 0 aliphatic carbocycles. The summed E-state index contributed by atoms with van der Waals surface area (Å²) in [6.45, 7) is -0.372. The second-order valence-corrected chi connectivity index (χ2v) is 6.99. The van der Waals surface area contributed by atoms with Crippen molar-refractivity contribution in [3.05, 3.63) is 40.6 Å². The Kier molecular flexibility index (Phi) is 5.11. The number of hydrogen-bond acceptors (Lipinski definition) is 11. The van der Waals surface area contributed by atoms with Crippen molar-refractivity contribution in [3.63, 3.8) is 0 Å². The van der Waals surface area contributed by atoms with Crippen LogP contribution < -0.4 is 10.2 Å². The van der Waals surface area contributed by atoms with E-state index in [-0.39, 0.29) is 34.6 Å². The number of benzene rings is 2. The van der Waals surface area contributed by atoms with Gasteiger partial charge in [0, 0.05) is 17.7 Å². The van der Waals surface area contributed by atoms with Crippen molar-refractivity contribution in [1.29, 1.82) is 0 Å². The second-order valence-electron chi connectivity index (χ2n) is 6.99. The summed E-state index contributed by atoms with van der Waals surface area (Å²) >= 11 is 0. The number of phenolic OH excluding ortho intramolecular Hbond substituents is 4. The van der Waals surface area contributed by atoms with E-state index >= 15 is 0 Å². The Morgan fingerprint density at radius 3 is 2.35 bits per heavy atom. The number of hydrogen-bond donors (Lipinski definition) is 7. The molecule has 1 saturated heterocycles. The molecule has 164 valence electrons. The molecule has 4 atom stereocenters. The SMILES string of the molecule is O=c1cc(-c2ccc(O)c(O)c2)oc2cc(O)c(O[C@@H]3OC[C@@H](O)[C@H](O)C3O)c(O)c12. The number of phenols is 4. The number of aliphatic hydroxyl groups is 3. The van der Waals surface area contributed by atoms with Crippen molar-refractivity contribution in [1.82, 2.24) is 0 Å². The van der Waals surface area contributed by atoms with Crippen LogP contribution in [0, 0.1) is 0 Å². The van der Waals surface area contributed by atoms with Crippen LogP contribution in [0.3, 0.4) is 0 Å². The van der Waals surface area contributed by atoms with Crippen molar-refractivity contribution in [2.75, 3.05) is 6.61 Å². The molecule has 7 N–H and O–H groups in total. The summed E-state index contributed by atoms with van der Waals surface area (Å²) in [6.07, 6.45) is -6.17. The monoisotopic (exact) mass is 434 g/mol. The van der Waals surface area contributed by atoms with Gasteiger partial charge in [0.05, 0.1) is 6.61 Å². The van der Waals surface area contributed by atoms with Gasteiger partial charge in [-0.15, -0.1) is 0 Å². The smallest absolute Gasteiger partial charge is 0.229 e. The molecular formula is C20H18O11. The van der Waals surface area contributed by atoms with Crippen molar-refractivity contribution >= 4 is 11.0 Å². The van der Waals surface area contributed by atoms with Gasteiger partial charge >= 0.3 is 0 Å². The third-order valence-electron chi connectivity index (χ3n) is 4.88. The minimum atomic E-state index is -1.70. The van der Waals surface area contributed by atoms with Crippen LogP contribution in [-0.2, 0) is 4.74 Å². The highest BCUT2D eigenvalue weighted by Gasteiger charge is 2.40. The molecule has 1 aliphatic rings. The van der Waals surface area contributed by atoms with Crippen molar-refractivity contribution in [2.24, 2.45) is 0 Å². The van der Waals surface area contributed by atoms with E-state index in [4.69, 9.17) is 13.9 Å². The van der Waals surface area contributed by atoms with E-state index in [0.29, 0.717) is 0 Å². The Morgan fingerprint density at radius 2 is 1.65 bits per heavy atom. The zero-order valence-corrected chi connectivity index (χ0v) is 15.7. The maximum atomic E-state index is 12.6. The highest BCUT2D eigenvalue weighted by molar-refractivity contribution is 5.89. The fourth-order valence-electron chi connectivity index (χ4n) is 3.21. The zero-order valence-electron chi connectivity index (χ0n) is 15.7. The highest BCUT2D eigenvalue weighted by atomic mass is 16.7.